The number of nitriles is 1. The highest BCUT2D eigenvalue weighted by Gasteiger charge is 2.16. The Kier molecular flexibility index (Phi) is 2.62. The second-order valence-corrected chi connectivity index (χ2v) is 3.42. The first kappa shape index (κ1) is 10.9. The molecule has 0 aromatic carbocycles. The van der Waals surface area contributed by atoms with Crippen LogP contribution in [0.5, 0.6) is 0 Å². The van der Waals surface area contributed by atoms with E-state index in [1.165, 1.54) is 4.68 Å². The van der Waals surface area contributed by atoms with Crippen LogP contribution in [0.15, 0.2) is 12.1 Å². The molecule has 0 saturated heterocycles. The summed E-state index contributed by atoms with van der Waals surface area (Å²) in [6, 6.07) is 5.54. The normalized spacial score (nSPS) is 9.94. The number of anilines is 2. The SMILES string of the molecule is CNc1nn(-c2ccc(C)nn2)c(N)c1C#N. The van der Waals surface area contributed by atoms with Gasteiger partial charge in [0.2, 0.25) is 0 Å². The van der Waals surface area contributed by atoms with Crippen LogP contribution in [0.2, 0.25) is 0 Å². The first-order valence-electron chi connectivity index (χ1n) is 4.94. The van der Waals surface area contributed by atoms with Crippen LogP contribution in [0.4, 0.5) is 11.6 Å². The smallest absolute Gasteiger partial charge is 0.178 e. The minimum absolute atomic E-state index is 0.245. The average Bonchev–Trinajstić information content (AvgIpc) is 2.66. The highest BCUT2D eigenvalue weighted by Crippen LogP contribution is 2.22. The first-order valence-corrected chi connectivity index (χ1v) is 4.94. The maximum atomic E-state index is 8.98. The molecule has 7 nitrogen and oxygen atoms in total. The van der Waals surface area contributed by atoms with E-state index in [4.69, 9.17) is 11.0 Å². The second-order valence-electron chi connectivity index (χ2n) is 3.42. The van der Waals surface area contributed by atoms with Gasteiger partial charge in [-0.15, -0.1) is 10.2 Å². The summed E-state index contributed by atoms with van der Waals surface area (Å²) in [6.07, 6.45) is 0. The zero-order valence-corrected chi connectivity index (χ0v) is 9.47. The molecule has 0 aliphatic rings. The molecule has 3 N–H and O–H groups in total. The topological polar surface area (TPSA) is 105 Å². The summed E-state index contributed by atoms with van der Waals surface area (Å²) in [5.41, 5.74) is 6.93. The molecule has 2 aromatic rings. The van der Waals surface area contributed by atoms with Crippen molar-refractivity contribution in [1.29, 1.82) is 5.26 Å². The highest BCUT2D eigenvalue weighted by atomic mass is 15.4. The average molecular weight is 229 g/mol. The molecule has 0 bridgehead atoms. The first-order chi connectivity index (χ1) is 8.17. The van der Waals surface area contributed by atoms with Crippen molar-refractivity contribution < 1.29 is 0 Å². The van der Waals surface area contributed by atoms with E-state index in [1.54, 1.807) is 19.2 Å². The van der Waals surface area contributed by atoms with E-state index in [1.807, 2.05) is 13.0 Å². The van der Waals surface area contributed by atoms with Gasteiger partial charge in [-0.3, -0.25) is 0 Å². The maximum Gasteiger partial charge on any atom is 0.178 e. The van der Waals surface area contributed by atoms with Crippen molar-refractivity contribution in [3.8, 4) is 11.9 Å². The van der Waals surface area contributed by atoms with Gasteiger partial charge in [0, 0.05) is 7.05 Å². The van der Waals surface area contributed by atoms with Crippen LogP contribution in [-0.4, -0.2) is 27.0 Å². The molecule has 0 saturated carbocycles. The van der Waals surface area contributed by atoms with Gasteiger partial charge in [0.25, 0.3) is 0 Å². The van der Waals surface area contributed by atoms with Crippen molar-refractivity contribution in [2.75, 3.05) is 18.1 Å². The Morgan fingerprint density at radius 3 is 2.65 bits per heavy atom. The summed E-state index contributed by atoms with van der Waals surface area (Å²) in [7, 11) is 1.67. The van der Waals surface area contributed by atoms with Crippen molar-refractivity contribution in [3.05, 3.63) is 23.4 Å². The standard InChI is InChI=1S/C10H11N7/c1-6-3-4-8(15-14-6)17-9(12)7(5-11)10(13-2)16-17/h3-4H,12H2,1-2H3,(H,13,16). The van der Waals surface area contributed by atoms with Crippen molar-refractivity contribution in [2.24, 2.45) is 0 Å². The van der Waals surface area contributed by atoms with Crippen molar-refractivity contribution in [3.63, 3.8) is 0 Å². The molecular weight excluding hydrogens is 218 g/mol. The van der Waals surface area contributed by atoms with Crippen molar-refractivity contribution >= 4 is 11.6 Å². The lowest BCUT2D eigenvalue weighted by atomic mass is 10.3. The minimum atomic E-state index is 0.245. The van der Waals surface area contributed by atoms with E-state index < -0.39 is 0 Å². The van der Waals surface area contributed by atoms with Crippen LogP contribution in [-0.2, 0) is 0 Å². The summed E-state index contributed by atoms with van der Waals surface area (Å²) in [5.74, 6) is 1.15. The maximum absolute atomic E-state index is 8.98. The third kappa shape index (κ3) is 1.76. The lowest BCUT2D eigenvalue weighted by Gasteiger charge is -2.01. The fourth-order valence-corrected chi connectivity index (χ4v) is 1.40. The van der Waals surface area contributed by atoms with Gasteiger partial charge in [-0.2, -0.15) is 15.0 Å². The Hall–Kier alpha value is -2.62. The third-order valence-corrected chi connectivity index (χ3v) is 2.27. The van der Waals surface area contributed by atoms with E-state index in [2.05, 4.69) is 20.6 Å². The Balaban J connectivity index is 2.57. The molecule has 17 heavy (non-hydrogen) atoms. The molecule has 0 radical (unpaired) electrons. The fraction of sp³-hybridized carbons (Fsp3) is 0.200. The summed E-state index contributed by atoms with van der Waals surface area (Å²) in [5, 5.41) is 23.8. The molecule has 2 heterocycles. The van der Waals surface area contributed by atoms with Crippen LogP contribution in [0.3, 0.4) is 0 Å². The molecule has 0 aliphatic carbocycles. The van der Waals surface area contributed by atoms with E-state index in [-0.39, 0.29) is 5.82 Å². The van der Waals surface area contributed by atoms with Gasteiger partial charge >= 0.3 is 0 Å². The molecule has 7 heteroatoms. The largest absolute Gasteiger partial charge is 0.382 e. The second kappa shape index (κ2) is 4.09. The molecule has 2 rings (SSSR count). The number of aryl methyl sites for hydroxylation is 1. The Morgan fingerprint density at radius 1 is 1.41 bits per heavy atom. The Labute approximate surface area is 97.9 Å². The van der Waals surface area contributed by atoms with Gasteiger partial charge in [-0.25, -0.2) is 0 Å². The monoisotopic (exact) mass is 229 g/mol. The highest BCUT2D eigenvalue weighted by molar-refractivity contribution is 5.65. The van der Waals surface area contributed by atoms with Crippen molar-refractivity contribution in [2.45, 2.75) is 6.92 Å². The number of nitrogens with one attached hydrogen (secondary N) is 1. The summed E-state index contributed by atoms with van der Waals surface area (Å²) < 4.78 is 1.39. The number of aromatic nitrogens is 4. The van der Waals surface area contributed by atoms with E-state index in [9.17, 15) is 0 Å². The number of nitrogen functional groups attached to an aromatic ring is 1. The summed E-state index contributed by atoms with van der Waals surface area (Å²) >= 11 is 0. The van der Waals surface area contributed by atoms with Crippen LogP contribution in [0.1, 0.15) is 11.3 Å². The predicted octanol–water partition coefficient (Wildman–Crippen LogP) is 0.466. The van der Waals surface area contributed by atoms with Crippen LogP contribution >= 0.6 is 0 Å². The lowest BCUT2D eigenvalue weighted by Crippen LogP contribution is -2.05. The van der Waals surface area contributed by atoms with Crippen LogP contribution < -0.4 is 11.1 Å². The number of hydrogen-bond donors (Lipinski definition) is 2. The van der Waals surface area contributed by atoms with E-state index in [0.717, 1.165) is 5.69 Å². The van der Waals surface area contributed by atoms with Gasteiger partial charge in [0.15, 0.2) is 11.6 Å². The number of hydrogen-bond acceptors (Lipinski definition) is 6. The molecule has 0 fully saturated rings. The van der Waals surface area contributed by atoms with Gasteiger partial charge in [-0.05, 0) is 19.1 Å². The van der Waals surface area contributed by atoms with Gasteiger partial charge in [0.05, 0.1) is 5.69 Å². The van der Waals surface area contributed by atoms with E-state index in [0.29, 0.717) is 17.2 Å². The van der Waals surface area contributed by atoms with Crippen molar-refractivity contribution in [1.82, 2.24) is 20.0 Å². The Bertz CT molecular complexity index is 576. The lowest BCUT2D eigenvalue weighted by molar-refractivity contribution is 0.816. The molecule has 86 valence electrons. The zero-order chi connectivity index (χ0) is 12.4. The van der Waals surface area contributed by atoms with Gasteiger partial charge in [0.1, 0.15) is 17.5 Å². The number of rotatable bonds is 2. The molecule has 2 aromatic heterocycles. The molecular formula is C10H11N7. The van der Waals surface area contributed by atoms with Crippen LogP contribution in [0.25, 0.3) is 5.82 Å². The quantitative estimate of drug-likeness (QED) is 0.775. The third-order valence-electron chi connectivity index (χ3n) is 2.27. The molecule has 0 spiro atoms. The summed E-state index contributed by atoms with van der Waals surface area (Å²) in [4.78, 5) is 0. The van der Waals surface area contributed by atoms with Gasteiger partial charge < -0.3 is 11.1 Å². The van der Waals surface area contributed by atoms with E-state index >= 15 is 0 Å². The Morgan fingerprint density at radius 2 is 2.18 bits per heavy atom. The number of nitrogens with zero attached hydrogens (tertiary/aromatic N) is 5. The minimum Gasteiger partial charge on any atom is -0.382 e. The molecule has 0 amide bonds. The summed E-state index contributed by atoms with van der Waals surface area (Å²) in [6.45, 7) is 1.84. The van der Waals surface area contributed by atoms with Gasteiger partial charge in [-0.1, -0.05) is 0 Å². The zero-order valence-electron chi connectivity index (χ0n) is 9.47. The van der Waals surface area contributed by atoms with Crippen LogP contribution in [0, 0.1) is 18.3 Å². The molecule has 0 aliphatic heterocycles. The molecule has 0 atom stereocenters. The fourth-order valence-electron chi connectivity index (χ4n) is 1.40. The predicted molar refractivity (Wildman–Crippen MR) is 62.6 cm³/mol. The number of nitrogens with two attached hydrogens (primary N) is 1. The molecule has 0 unspecified atom stereocenters.